The molecular formula is C16H20N2O2. The summed E-state index contributed by atoms with van der Waals surface area (Å²) in [5.74, 6) is 5.38. The first-order chi connectivity index (χ1) is 9.67. The van der Waals surface area contributed by atoms with Gasteiger partial charge in [0.1, 0.15) is 6.61 Å². The second kappa shape index (κ2) is 6.53. The highest BCUT2D eigenvalue weighted by atomic mass is 16.2. The van der Waals surface area contributed by atoms with Gasteiger partial charge in [0.25, 0.3) is 5.91 Å². The molecule has 2 unspecified atom stereocenters. The molecule has 1 amide bonds. The average Bonchev–Trinajstić information content (AvgIpc) is 2.85. The molecule has 1 saturated heterocycles. The molecule has 1 N–H and O–H groups in total. The van der Waals surface area contributed by atoms with Crippen molar-refractivity contribution in [3.8, 4) is 11.8 Å². The molecular weight excluding hydrogens is 252 g/mol. The Morgan fingerprint density at radius 3 is 3.00 bits per heavy atom. The summed E-state index contributed by atoms with van der Waals surface area (Å²) < 4.78 is 0. The van der Waals surface area contributed by atoms with Crippen molar-refractivity contribution >= 4 is 5.91 Å². The molecule has 0 saturated carbocycles. The minimum Gasteiger partial charge on any atom is -0.384 e. The third-order valence-electron chi connectivity index (χ3n) is 3.79. The van der Waals surface area contributed by atoms with Gasteiger partial charge in [-0.05, 0) is 32.3 Å². The molecule has 1 aromatic rings. The second-order valence-corrected chi connectivity index (χ2v) is 5.12. The number of hydrogen-bond donors (Lipinski definition) is 1. The highest BCUT2D eigenvalue weighted by molar-refractivity contribution is 5.94. The molecule has 106 valence electrons. The SMILES string of the molecule is CCC1CCC(C)N1C(=O)c1cncc(C#CCO)c1. The third kappa shape index (κ3) is 3.00. The summed E-state index contributed by atoms with van der Waals surface area (Å²) >= 11 is 0. The van der Waals surface area contributed by atoms with Crippen LogP contribution in [-0.2, 0) is 0 Å². The van der Waals surface area contributed by atoms with Gasteiger partial charge in [0.05, 0.1) is 5.56 Å². The maximum atomic E-state index is 12.6. The number of rotatable bonds is 2. The molecule has 2 atom stereocenters. The van der Waals surface area contributed by atoms with Crippen molar-refractivity contribution < 1.29 is 9.90 Å². The van der Waals surface area contributed by atoms with Crippen LogP contribution < -0.4 is 0 Å². The van der Waals surface area contributed by atoms with Crippen LogP contribution in [0.1, 0.15) is 49.0 Å². The Morgan fingerprint density at radius 1 is 1.50 bits per heavy atom. The van der Waals surface area contributed by atoms with Gasteiger partial charge in [-0.15, -0.1) is 0 Å². The van der Waals surface area contributed by atoms with Gasteiger partial charge in [-0.25, -0.2) is 0 Å². The average molecular weight is 272 g/mol. The fourth-order valence-electron chi connectivity index (χ4n) is 2.75. The zero-order valence-corrected chi connectivity index (χ0v) is 12.0. The molecule has 0 aromatic carbocycles. The lowest BCUT2D eigenvalue weighted by molar-refractivity contribution is 0.0676. The summed E-state index contributed by atoms with van der Waals surface area (Å²) in [6, 6.07) is 2.35. The number of aromatic nitrogens is 1. The summed E-state index contributed by atoms with van der Waals surface area (Å²) in [7, 11) is 0. The van der Waals surface area contributed by atoms with Crippen molar-refractivity contribution in [3.05, 3.63) is 29.6 Å². The van der Waals surface area contributed by atoms with E-state index in [1.165, 1.54) is 0 Å². The predicted octanol–water partition coefficient (Wildman–Crippen LogP) is 1.83. The van der Waals surface area contributed by atoms with Gasteiger partial charge in [0.2, 0.25) is 0 Å². The molecule has 0 bridgehead atoms. The summed E-state index contributed by atoms with van der Waals surface area (Å²) in [6.07, 6.45) is 6.30. The van der Waals surface area contributed by atoms with Crippen molar-refractivity contribution in [2.24, 2.45) is 0 Å². The monoisotopic (exact) mass is 272 g/mol. The Labute approximate surface area is 119 Å². The van der Waals surface area contributed by atoms with E-state index in [0.29, 0.717) is 17.2 Å². The van der Waals surface area contributed by atoms with Crippen LogP contribution >= 0.6 is 0 Å². The van der Waals surface area contributed by atoms with Crippen molar-refractivity contribution in [2.75, 3.05) is 6.61 Å². The van der Waals surface area contributed by atoms with Crippen molar-refractivity contribution in [2.45, 2.75) is 45.2 Å². The van der Waals surface area contributed by atoms with Crippen LogP contribution in [-0.4, -0.2) is 39.6 Å². The summed E-state index contributed by atoms with van der Waals surface area (Å²) in [4.78, 5) is 18.7. The Bertz CT molecular complexity index is 545. The lowest BCUT2D eigenvalue weighted by Gasteiger charge is -2.28. The lowest BCUT2D eigenvalue weighted by atomic mass is 10.1. The molecule has 2 rings (SSSR count). The molecule has 4 heteroatoms. The van der Waals surface area contributed by atoms with Crippen LogP contribution in [0.15, 0.2) is 18.5 Å². The van der Waals surface area contributed by atoms with Crippen LogP contribution in [0.25, 0.3) is 0 Å². The largest absolute Gasteiger partial charge is 0.384 e. The molecule has 1 aliphatic rings. The van der Waals surface area contributed by atoms with Crippen LogP contribution in [0.4, 0.5) is 0 Å². The van der Waals surface area contributed by atoms with E-state index < -0.39 is 0 Å². The topological polar surface area (TPSA) is 53.4 Å². The van der Waals surface area contributed by atoms with Gasteiger partial charge < -0.3 is 10.0 Å². The normalized spacial score (nSPS) is 21.4. The first kappa shape index (κ1) is 14.5. The first-order valence-electron chi connectivity index (χ1n) is 7.04. The third-order valence-corrected chi connectivity index (χ3v) is 3.79. The van der Waals surface area contributed by atoms with E-state index in [0.717, 1.165) is 19.3 Å². The Kier molecular flexibility index (Phi) is 4.75. The van der Waals surface area contributed by atoms with E-state index in [1.807, 2.05) is 4.90 Å². The Balaban J connectivity index is 2.24. The van der Waals surface area contributed by atoms with Gasteiger partial charge in [0, 0.05) is 30.0 Å². The molecule has 1 aromatic heterocycles. The number of carbonyl (C=O) groups is 1. The van der Waals surface area contributed by atoms with Gasteiger partial charge in [-0.3, -0.25) is 9.78 Å². The summed E-state index contributed by atoms with van der Waals surface area (Å²) in [5, 5.41) is 8.71. The molecule has 4 nitrogen and oxygen atoms in total. The quantitative estimate of drug-likeness (QED) is 0.836. The maximum Gasteiger partial charge on any atom is 0.255 e. The van der Waals surface area contributed by atoms with Crippen LogP contribution in [0.2, 0.25) is 0 Å². The molecule has 0 aliphatic carbocycles. The second-order valence-electron chi connectivity index (χ2n) is 5.12. The number of nitrogens with zero attached hydrogens (tertiary/aromatic N) is 2. The molecule has 1 fully saturated rings. The van der Waals surface area contributed by atoms with E-state index in [4.69, 9.17) is 5.11 Å². The summed E-state index contributed by atoms with van der Waals surface area (Å²) in [5.41, 5.74) is 1.23. The minimum atomic E-state index is -0.195. The number of hydrogen-bond acceptors (Lipinski definition) is 3. The number of carbonyl (C=O) groups excluding carboxylic acids is 1. The smallest absolute Gasteiger partial charge is 0.255 e. The van der Waals surface area contributed by atoms with Crippen LogP contribution in [0, 0.1) is 11.8 Å². The van der Waals surface area contributed by atoms with E-state index >= 15 is 0 Å². The Hall–Kier alpha value is -1.86. The number of amides is 1. The number of aliphatic hydroxyl groups excluding tert-OH is 1. The van der Waals surface area contributed by atoms with Gasteiger partial charge >= 0.3 is 0 Å². The fourth-order valence-corrected chi connectivity index (χ4v) is 2.75. The molecule has 20 heavy (non-hydrogen) atoms. The van der Waals surface area contributed by atoms with Crippen LogP contribution in [0.3, 0.4) is 0 Å². The molecule has 2 heterocycles. The van der Waals surface area contributed by atoms with E-state index in [1.54, 1.807) is 18.5 Å². The number of likely N-dealkylation sites (tertiary alicyclic amines) is 1. The predicted molar refractivity (Wildman–Crippen MR) is 77.1 cm³/mol. The maximum absolute atomic E-state index is 12.6. The van der Waals surface area contributed by atoms with Gasteiger partial charge in [-0.2, -0.15) is 0 Å². The van der Waals surface area contributed by atoms with E-state index in [2.05, 4.69) is 30.7 Å². The molecule has 1 aliphatic heterocycles. The van der Waals surface area contributed by atoms with Crippen molar-refractivity contribution in [1.29, 1.82) is 0 Å². The highest BCUT2D eigenvalue weighted by Gasteiger charge is 2.33. The van der Waals surface area contributed by atoms with Gasteiger partial charge in [-0.1, -0.05) is 18.8 Å². The van der Waals surface area contributed by atoms with Crippen LogP contribution in [0.5, 0.6) is 0 Å². The highest BCUT2D eigenvalue weighted by Crippen LogP contribution is 2.27. The van der Waals surface area contributed by atoms with E-state index in [9.17, 15) is 4.79 Å². The minimum absolute atomic E-state index is 0.0296. The van der Waals surface area contributed by atoms with E-state index in [-0.39, 0.29) is 18.6 Å². The summed E-state index contributed by atoms with van der Waals surface area (Å²) in [6.45, 7) is 4.01. The standard InChI is InChI=1S/C16H20N2O2/c1-3-15-7-6-12(2)18(15)16(20)14-9-13(5-4-8-19)10-17-11-14/h9-12,15,19H,3,6-8H2,1-2H3. The first-order valence-corrected chi connectivity index (χ1v) is 7.04. The number of aliphatic hydroxyl groups is 1. The lowest BCUT2D eigenvalue weighted by Crippen LogP contribution is -2.39. The van der Waals surface area contributed by atoms with Gasteiger partial charge in [0.15, 0.2) is 0 Å². The Morgan fingerprint density at radius 2 is 2.30 bits per heavy atom. The van der Waals surface area contributed by atoms with Crippen molar-refractivity contribution in [3.63, 3.8) is 0 Å². The number of pyridine rings is 1. The zero-order valence-electron chi connectivity index (χ0n) is 12.0. The zero-order chi connectivity index (χ0) is 14.5. The van der Waals surface area contributed by atoms with Crippen molar-refractivity contribution in [1.82, 2.24) is 9.88 Å². The fraction of sp³-hybridized carbons (Fsp3) is 0.500. The molecule has 0 radical (unpaired) electrons. The molecule has 0 spiro atoms.